The summed E-state index contributed by atoms with van der Waals surface area (Å²) in [4.78, 5) is 21.7. The van der Waals surface area contributed by atoms with Crippen LogP contribution in [0.5, 0.6) is 0 Å². The first-order chi connectivity index (χ1) is 7.13. The van der Waals surface area contributed by atoms with Crippen LogP contribution >= 0.6 is 0 Å². The van der Waals surface area contributed by atoms with E-state index in [-0.39, 0.29) is 0 Å². The van der Waals surface area contributed by atoms with Gasteiger partial charge in [-0.3, -0.25) is 9.59 Å². The Balaban J connectivity index is 2.50. The second-order valence-electron chi connectivity index (χ2n) is 3.73. The van der Waals surface area contributed by atoms with Gasteiger partial charge < -0.3 is 10.8 Å². The molecule has 1 unspecified atom stereocenters. The van der Waals surface area contributed by atoms with Crippen LogP contribution in [-0.4, -0.2) is 23.4 Å². The number of fused-ring (bicyclic) bond motifs is 1. The largest absolute Gasteiger partial charge is 0.392 e. The molecular weight excluding hydrogens is 194 g/mol. The second-order valence-corrected chi connectivity index (χ2v) is 3.73. The van der Waals surface area contributed by atoms with Crippen LogP contribution in [0.1, 0.15) is 27.4 Å². The Morgan fingerprint density at radius 3 is 2.87 bits per heavy atom. The number of aliphatic hydroxyl groups excluding tert-OH is 1. The van der Waals surface area contributed by atoms with E-state index in [9.17, 15) is 14.7 Å². The Morgan fingerprint density at radius 2 is 2.27 bits per heavy atom. The van der Waals surface area contributed by atoms with E-state index in [0.717, 1.165) is 5.56 Å². The molecule has 0 radical (unpaired) electrons. The number of hydrogen-bond acceptors (Lipinski definition) is 3. The minimum Gasteiger partial charge on any atom is -0.392 e. The Hall–Kier alpha value is -1.68. The lowest BCUT2D eigenvalue weighted by molar-refractivity contribution is -0.121. The molecule has 0 saturated heterocycles. The molecule has 15 heavy (non-hydrogen) atoms. The average molecular weight is 205 g/mol. The van der Waals surface area contributed by atoms with Crippen molar-refractivity contribution < 1.29 is 14.7 Å². The number of amides is 1. The van der Waals surface area contributed by atoms with Crippen molar-refractivity contribution in [2.75, 3.05) is 0 Å². The summed E-state index contributed by atoms with van der Waals surface area (Å²) in [7, 11) is 0. The summed E-state index contributed by atoms with van der Waals surface area (Å²) in [5.41, 5.74) is 7.27. The van der Waals surface area contributed by atoms with Gasteiger partial charge in [0.25, 0.3) is 0 Å². The molecule has 1 aliphatic carbocycles. The fourth-order valence-electron chi connectivity index (χ4n) is 2.06. The van der Waals surface area contributed by atoms with Crippen molar-refractivity contribution in [3.63, 3.8) is 0 Å². The number of nitrogens with two attached hydrogens (primary N) is 1. The highest BCUT2D eigenvalue weighted by Crippen LogP contribution is 2.33. The molecule has 78 valence electrons. The van der Waals surface area contributed by atoms with Crippen molar-refractivity contribution in [2.45, 2.75) is 18.4 Å². The van der Waals surface area contributed by atoms with Crippen molar-refractivity contribution >= 4 is 12.2 Å². The van der Waals surface area contributed by atoms with Gasteiger partial charge in [0.2, 0.25) is 5.91 Å². The van der Waals surface area contributed by atoms with Gasteiger partial charge in [-0.25, -0.2) is 0 Å². The van der Waals surface area contributed by atoms with Crippen molar-refractivity contribution in [1.82, 2.24) is 0 Å². The van der Waals surface area contributed by atoms with Crippen LogP contribution in [0.2, 0.25) is 0 Å². The number of aliphatic hydroxyl groups is 1. The third-order valence-corrected chi connectivity index (χ3v) is 2.76. The SMILES string of the molecule is NC(=O)C1c2cc(C=O)ccc2C[C@H]1O. The molecule has 2 rings (SSSR count). The molecule has 0 fully saturated rings. The van der Waals surface area contributed by atoms with E-state index in [1.807, 2.05) is 0 Å². The summed E-state index contributed by atoms with van der Waals surface area (Å²) < 4.78 is 0. The molecule has 1 amide bonds. The number of benzene rings is 1. The van der Waals surface area contributed by atoms with Gasteiger partial charge >= 0.3 is 0 Å². The molecule has 4 nitrogen and oxygen atoms in total. The molecule has 1 aromatic carbocycles. The minimum absolute atomic E-state index is 0.419. The van der Waals surface area contributed by atoms with Gasteiger partial charge in [-0.15, -0.1) is 0 Å². The Labute approximate surface area is 86.7 Å². The van der Waals surface area contributed by atoms with E-state index < -0.39 is 17.9 Å². The summed E-state index contributed by atoms with van der Waals surface area (Å²) >= 11 is 0. The van der Waals surface area contributed by atoms with Gasteiger partial charge in [-0.2, -0.15) is 0 Å². The first kappa shape index (κ1) is 9.86. The zero-order valence-electron chi connectivity index (χ0n) is 8.01. The maximum absolute atomic E-state index is 11.1. The predicted molar refractivity (Wildman–Crippen MR) is 53.5 cm³/mol. The fourth-order valence-corrected chi connectivity index (χ4v) is 2.06. The van der Waals surface area contributed by atoms with Gasteiger partial charge in [0.05, 0.1) is 12.0 Å². The highest BCUT2D eigenvalue weighted by Gasteiger charge is 2.35. The van der Waals surface area contributed by atoms with Crippen LogP contribution in [0.3, 0.4) is 0 Å². The molecule has 3 N–H and O–H groups in total. The normalized spacial score (nSPS) is 23.5. The molecule has 0 aromatic heterocycles. The summed E-state index contributed by atoms with van der Waals surface area (Å²) in [6.07, 6.45) is 0.366. The van der Waals surface area contributed by atoms with Gasteiger partial charge in [0.1, 0.15) is 6.29 Å². The van der Waals surface area contributed by atoms with Gasteiger partial charge in [-0.05, 0) is 23.6 Å². The maximum Gasteiger partial charge on any atom is 0.227 e. The van der Waals surface area contributed by atoms with E-state index >= 15 is 0 Å². The molecule has 4 heteroatoms. The molecule has 1 aromatic rings. The fraction of sp³-hybridized carbons (Fsp3) is 0.273. The third kappa shape index (κ3) is 1.53. The van der Waals surface area contributed by atoms with Crippen molar-refractivity contribution in [2.24, 2.45) is 5.73 Å². The monoisotopic (exact) mass is 205 g/mol. The molecule has 0 aliphatic heterocycles. The molecule has 0 heterocycles. The second kappa shape index (κ2) is 3.47. The zero-order chi connectivity index (χ0) is 11.0. The number of aldehydes is 1. The first-order valence-electron chi connectivity index (χ1n) is 4.69. The minimum atomic E-state index is -0.764. The number of carbonyl (C=O) groups excluding carboxylic acids is 2. The van der Waals surface area contributed by atoms with E-state index in [2.05, 4.69) is 0 Å². The Morgan fingerprint density at radius 1 is 1.53 bits per heavy atom. The molecule has 2 atom stereocenters. The lowest BCUT2D eigenvalue weighted by Crippen LogP contribution is -2.28. The van der Waals surface area contributed by atoms with Crippen LogP contribution in [-0.2, 0) is 11.2 Å². The van der Waals surface area contributed by atoms with Crippen LogP contribution in [0.15, 0.2) is 18.2 Å². The van der Waals surface area contributed by atoms with E-state index in [0.29, 0.717) is 23.8 Å². The zero-order valence-corrected chi connectivity index (χ0v) is 8.01. The lowest BCUT2D eigenvalue weighted by atomic mass is 9.98. The molecule has 0 spiro atoms. The van der Waals surface area contributed by atoms with E-state index in [1.54, 1.807) is 18.2 Å². The van der Waals surface area contributed by atoms with Crippen molar-refractivity contribution in [1.29, 1.82) is 0 Å². The van der Waals surface area contributed by atoms with Gasteiger partial charge in [0.15, 0.2) is 0 Å². The van der Waals surface area contributed by atoms with Gasteiger partial charge in [0, 0.05) is 5.56 Å². The van der Waals surface area contributed by atoms with Crippen LogP contribution in [0, 0.1) is 0 Å². The summed E-state index contributed by atoms with van der Waals surface area (Å²) in [5, 5.41) is 9.66. The summed E-state index contributed by atoms with van der Waals surface area (Å²) in [6, 6.07) is 5.04. The maximum atomic E-state index is 11.1. The van der Waals surface area contributed by atoms with Crippen LogP contribution in [0.25, 0.3) is 0 Å². The van der Waals surface area contributed by atoms with Crippen LogP contribution in [0.4, 0.5) is 0 Å². The standard InChI is InChI=1S/C11H11NO3/c12-11(15)10-8-3-6(5-13)1-2-7(8)4-9(10)14/h1-3,5,9-10,14H,4H2,(H2,12,15)/t9-,10?/m1/s1. The predicted octanol–water partition coefficient (Wildman–Crippen LogP) is -0.0150. The van der Waals surface area contributed by atoms with Gasteiger partial charge in [-0.1, -0.05) is 12.1 Å². The number of primary amides is 1. The highest BCUT2D eigenvalue weighted by atomic mass is 16.3. The van der Waals surface area contributed by atoms with E-state index in [4.69, 9.17) is 5.73 Å². The Bertz CT molecular complexity index is 428. The summed E-state index contributed by atoms with van der Waals surface area (Å²) in [5.74, 6) is -1.23. The quantitative estimate of drug-likeness (QED) is 0.666. The highest BCUT2D eigenvalue weighted by molar-refractivity contribution is 5.85. The summed E-state index contributed by atoms with van der Waals surface area (Å²) in [6.45, 7) is 0. The van der Waals surface area contributed by atoms with Crippen molar-refractivity contribution in [3.05, 3.63) is 34.9 Å². The molecular formula is C11H11NO3. The first-order valence-corrected chi connectivity index (χ1v) is 4.69. The molecule has 1 aliphatic rings. The van der Waals surface area contributed by atoms with Crippen LogP contribution < -0.4 is 5.73 Å². The number of rotatable bonds is 2. The lowest BCUT2D eigenvalue weighted by Gasteiger charge is -2.11. The van der Waals surface area contributed by atoms with Crippen molar-refractivity contribution in [3.8, 4) is 0 Å². The van der Waals surface area contributed by atoms with E-state index in [1.165, 1.54) is 0 Å². The smallest absolute Gasteiger partial charge is 0.227 e. The number of hydrogen-bond donors (Lipinski definition) is 2. The average Bonchev–Trinajstić information content (AvgIpc) is 2.52. The molecule has 0 bridgehead atoms. The third-order valence-electron chi connectivity index (χ3n) is 2.76. The molecule has 0 saturated carbocycles. The Kier molecular flexibility index (Phi) is 2.28. The topological polar surface area (TPSA) is 80.4 Å². The number of carbonyl (C=O) groups is 2.